The first-order valence-electron chi connectivity index (χ1n) is 4.35. The second-order valence-corrected chi connectivity index (χ2v) is 3.99. The summed E-state index contributed by atoms with van der Waals surface area (Å²) >= 11 is 10.6. The highest BCUT2D eigenvalue weighted by atomic mass is 35.5. The van der Waals surface area contributed by atoms with Gasteiger partial charge in [-0.1, -0.05) is 23.2 Å². The van der Waals surface area contributed by atoms with E-state index in [4.69, 9.17) is 33.0 Å². The molecule has 0 heterocycles. The predicted molar refractivity (Wildman–Crippen MR) is 58.4 cm³/mol. The fourth-order valence-corrected chi connectivity index (χ4v) is 1.19. The fraction of sp³-hybridized carbons (Fsp3) is 0.200. The van der Waals surface area contributed by atoms with Crippen LogP contribution < -0.4 is 4.74 Å². The molecule has 0 fully saturated rings. The van der Waals surface area contributed by atoms with Crippen molar-refractivity contribution in [1.29, 1.82) is 0 Å². The second kappa shape index (κ2) is 5.51. The molecule has 0 aromatic heterocycles. The standard InChI is InChI=1S/C10H7Cl2F3O2/c11-9(12)3-4-17-8-2-1-6(16)5-7(8)10(13,14)15/h1-3,5,16H,4H2. The number of benzene rings is 1. The number of alkyl halides is 3. The molecule has 1 N–H and O–H groups in total. The van der Waals surface area contributed by atoms with Gasteiger partial charge in [-0.3, -0.25) is 0 Å². The van der Waals surface area contributed by atoms with Crippen molar-refractivity contribution in [3.63, 3.8) is 0 Å². The Morgan fingerprint density at radius 1 is 1.35 bits per heavy atom. The van der Waals surface area contributed by atoms with E-state index in [0.717, 1.165) is 12.1 Å². The normalized spacial score (nSPS) is 11.1. The number of halogens is 5. The largest absolute Gasteiger partial charge is 0.508 e. The van der Waals surface area contributed by atoms with Crippen LogP contribution in [0.5, 0.6) is 11.5 Å². The van der Waals surface area contributed by atoms with Gasteiger partial charge in [0, 0.05) is 0 Å². The van der Waals surface area contributed by atoms with Crippen molar-refractivity contribution in [2.45, 2.75) is 6.18 Å². The maximum absolute atomic E-state index is 12.6. The molecule has 1 aromatic carbocycles. The van der Waals surface area contributed by atoms with Crippen molar-refractivity contribution in [3.05, 3.63) is 34.3 Å². The maximum Gasteiger partial charge on any atom is 0.420 e. The predicted octanol–water partition coefficient (Wildman–Crippen LogP) is 4.11. The molecule has 17 heavy (non-hydrogen) atoms. The third-order valence-electron chi connectivity index (χ3n) is 1.75. The molecule has 0 aliphatic rings. The van der Waals surface area contributed by atoms with Crippen molar-refractivity contribution < 1.29 is 23.0 Å². The van der Waals surface area contributed by atoms with E-state index >= 15 is 0 Å². The van der Waals surface area contributed by atoms with Gasteiger partial charge in [0.2, 0.25) is 0 Å². The molecule has 1 aromatic rings. The van der Waals surface area contributed by atoms with E-state index in [-0.39, 0.29) is 11.1 Å². The molecule has 1 rings (SSSR count). The Morgan fingerprint density at radius 2 is 2.00 bits per heavy atom. The minimum atomic E-state index is -4.61. The summed E-state index contributed by atoms with van der Waals surface area (Å²) in [7, 11) is 0. The molecule has 0 radical (unpaired) electrons. The van der Waals surface area contributed by atoms with Crippen molar-refractivity contribution in [2.75, 3.05) is 6.61 Å². The van der Waals surface area contributed by atoms with Gasteiger partial charge in [0.05, 0.1) is 0 Å². The highest BCUT2D eigenvalue weighted by Gasteiger charge is 2.34. The van der Waals surface area contributed by atoms with Crippen molar-refractivity contribution in [3.8, 4) is 11.5 Å². The van der Waals surface area contributed by atoms with Crippen molar-refractivity contribution >= 4 is 23.2 Å². The van der Waals surface area contributed by atoms with Gasteiger partial charge in [-0.05, 0) is 24.3 Å². The number of hydrogen-bond acceptors (Lipinski definition) is 2. The molecule has 0 unspecified atom stereocenters. The summed E-state index contributed by atoms with van der Waals surface area (Å²) in [5, 5.41) is 9.00. The molecule has 94 valence electrons. The number of rotatable bonds is 3. The Kier molecular flexibility index (Phi) is 4.54. The minimum absolute atomic E-state index is 0.0997. The zero-order chi connectivity index (χ0) is 13.1. The summed E-state index contributed by atoms with van der Waals surface area (Å²) in [6, 6.07) is 2.70. The highest BCUT2D eigenvalue weighted by Crippen LogP contribution is 2.38. The van der Waals surface area contributed by atoms with E-state index in [1.165, 1.54) is 6.08 Å². The van der Waals surface area contributed by atoms with E-state index in [1.807, 2.05) is 0 Å². The lowest BCUT2D eigenvalue weighted by Gasteiger charge is -2.13. The van der Waals surface area contributed by atoms with E-state index < -0.39 is 23.2 Å². The Bertz CT molecular complexity index is 426. The Morgan fingerprint density at radius 3 is 2.53 bits per heavy atom. The molecular formula is C10H7Cl2F3O2. The van der Waals surface area contributed by atoms with Crippen LogP contribution >= 0.6 is 23.2 Å². The van der Waals surface area contributed by atoms with Crippen LogP contribution in [-0.4, -0.2) is 11.7 Å². The monoisotopic (exact) mass is 286 g/mol. The summed E-state index contributed by atoms with van der Waals surface area (Å²) in [4.78, 5) is 0. The quantitative estimate of drug-likeness (QED) is 0.906. The number of aromatic hydroxyl groups is 1. The average Bonchev–Trinajstić information content (AvgIpc) is 2.18. The molecule has 0 atom stereocenters. The molecule has 0 bridgehead atoms. The Hall–Kier alpha value is -1.07. The maximum atomic E-state index is 12.6. The minimum Gasteiger partial charge on any atom is -0.508 e. The third-order valence-corrected chi connectivity index (χ3v) is 2.05. The number of ether oxygens (including phenoxy) is 1. The molecule has 0 aliphatic heterocycles. The van der Waals surface area contributed by atoms with Gasteiger partial charge in [-0.15, -0.1) is 0 Å². The second-order valence-electron chi connectivity index (χ2n) is 2.98. The summed E-state index contributed by atoms with van der Waals surface area (Å²) in [5.74, 6) is -0.892. The first-order chi connectivity index (χ1) is 7.80. The van der Waals surface area contributed by atoms with Crippen LogP contribution in [0, 0.1) is 0 Å². The van der Waals surface area contributed by atoms with Crippen LogP contribution in [-0.2, 0) is 6.18 Å². The molecule has 2 nitrogen and oxygen atoms in total. The SMILES string of the molecule is Oc1ccc(OCC=C(Cl)Cl)c(C(F)(F)F)c1. The lowest BCUT2D eigenvalue weighted by Crippen LogP contribution is -2.08. The first kappa shape index (κ1) is 14.0. The highest BCUT2D eigenvalue weighted by molar-refractivity contribution is 6.55. The number of phenolic OH excluding ortho intramolecular Hbond substituents is 1. The van der Waals surface area contributed by atoms with Crippen LogP contribution in [0.3, 0.4) is 0 Å². The zero-order valence-corrected chi connectivity index (χ0v) is 9.77. The number of phenols is 1. The van der Waals surface area contributed by atoms with Crippen LogP contribution in [0.2, 0.25) is 0 Å². The first-order valence-corrected chi connectivity index (χ1v) is 5.10. The Balaban J connectivity index is 2.95. The van der Waals surface area contributed by atoms with Crippen LogP contribution in [0.1, 0.15) is 5.56 Å². The molecule has 0 saturated carbocycles. The van der Waals surface area contributed by atoms with Crippen LogP contribution in [0.15, 0.2) is 28.8 Å². The van der Waals surface area contributed by atoms with Crippen molar-refractivity contribution in [1.82, 2.24) is 0 Å². The van der Waals surface area contributed by atoms with Crippen LogP contribution in [0.25, 0.3) is 0 Å². The van der Waals surface area contributed by atoms with Crippen LogP contribution in [0.4, 0.5) is 13.2 Å². The van der Waals surface area contributed by atoms with E-state index in [1.54, 1.807) is 0 Å². The smallest absolute Gasteiger partial charge is 0.420 e. The summed E-state index contributed by atoms with van der Waals surface area (Å²) in [5.41, 5.74) is -1.06. The molecule has 0 saturated heterocycles. The van der Waals surface area contributed by atoms with Gasteiger partial charge in [-0.2, -0.15) is 13.2 Å². The lowest BCUT2D eigenvalue weighted by molar-refractivity contribution is -0.139. The van der Waals surface area contributed by atoms with Gasteiger partial charge in [0.1, 0.15) is 28.2 Å². The zero-order valence-electron chi connectivity index (χ0n) is 8.26. The van der Waals surface area contributed by atoms with Gasteiger partial charge in [-0.25, -0.2) is 0 Å². The summed E-state index contributed by atoms with van der Waals surface area (Å²) in [6.45, 7) is -0.198. The average molecular weight is 287 g/mol. The van der Waals surface area contributed by atoms with E-state index in [9.17, 15) is 13.2 Å². The molecule has 7 heteroatoms. The van der Waals surface area contributed by atoms with Gasteiger partial charge in [0.25, 0.3) is 0 Å². The molecular weight excluding hydrogens is 280 g/mol. The summed E-state index contributed by atoms with van der Waals surface area (Å²) < 4.78 is 42.4. The molecule has 0 amide bonds. The summed E-state index contributed by atoms with van der Waals surface area (Å²) in [6.07, 6.45) is -3.40. The molecule has 0 aliphatic carbocycles. The topological polar surface area (TPSA) is 29.5 Å². The van der Waals surface area contributed by atoms with Gasteiger partial charge in [0.15, 0.2) is 0 Å². The Labute approximate surface area is 105 Å². The molecule has 0 spiro atoms. The third kappa shape index (κ3) is 4.36. The van der Waals surface area contributed by atoms with E-state index in [2.05, 4.69) is 0 Å². The van der Waals surface area contributed by atoms with Gasteiger partial charge < -0.3 is 9.84 Å². The van der Waals surface area contributed by atoms with E-state index in [0.29, 0.717) is 6.07 Å². The number of hydrogen-bond donors (Lipinski definition) is 1. The lowest BCUT2D eigenvalue weighted by atomic mass is 10.2. The van der Waals surface area contributed by atoms with Gasteiger partial charge >= 0.3 is 6.18 Å². The van der Waals surface area contributed by atoms with Crippen molar-refractivity contribution in [2.24, 2.45) is 0 Å². The fourth-order valence-electron chi connectivity index (χ4n) is 1.06.